The van der Waals surface area contributed by atoms with E-state index in [0.29, 0.717) is 4.90 Å². The van der Waals surface area contributed by atoms with Gasteiger partial charge in [0.15, 0.2) is 9.84 Å². The van der Waals surface area contributed by atoms with Crippen molar-refractivity contribution >= 4 is 33.5 Å². The first-order valence-electron chi connectivity index (χ1n) is 12.6. The highest BCUT2D eigenvalue weighted by Crippen LogP contribution is 2.44. The molecule has 1 aromatic carbocycles. The van der Waals surface area contributed by atoms with Crippen LogP contribution in [0.25, 0.3) is 0 Å². The third kappa shape index (κ3) is 7.43. The molecule has 0 bridgehead atoms. The van der Waals surface area contributed by atoms with E-state index in [1.807, 2.05) is 0 Å². The van der Waals surface area contributed by atoms with Crippen molar-refractivity contribution in [2.24, 2.45) is 4.99 Å². The Morgan fingerprint density at radius 2 is 1.52 bits per heavy atom. The van der Waals surface area contributed by atoms with E-state index < -0.39 is 70.5 Å². The summed E-state index contributed by atoms with van der Waals surface area (Å²) in [7, 11) is -4.72. The molecule has 1 rings (SSSR count). The molecule has 13 heteroatoms. The average molecular weight is 586 g/mol. The van der Waals surface area contributed by atoms with Crippen LogP contribution in [0, 0.1) is 15.9 Å². The van der Waals surface area contributed by atoms with Gasteiger partial charge in [0.1, 0.15) is 32.3 Å². The Morgan fingerprint density at radius 1 is 1.05 bits per heavy atom. The molecule has 0 aliphatic heterocycles. The van der Waals surface area contributed by atoms with E-state index >= 15 is 4.39 Å². The van der Waals surface area contributed by atoms with Crippen molar-refractivity contribution in [1.82, 2.24) is 4.90 Å². The van der Waals surface area contributed by atoms with Gasteiger partial charge in [0, 0.05) is 24.2 Å². The number of hydrogen-bond donors (Lipinski definition) is 0. The number of nitro benzene ring substituents is 1. The van der Waals surface area contributed by atoms with Crippen LogP contribution in [0.4, 0.5) is 19.7 Å². The number of carbonyl (C=O) groups is 2. The highest BCUT2D eigenvalue weighted by Gasteiger charge is 2.56. The minimum atomic E-state index is -4.72. The summed E-state index contributed by atoms with van der Waals surface area (Å²) >= 11 is 0. The van der Waals surface area contributed by atoms with Crippen LogP contribution < -0.4 is 0 Å². The Bertz CT molecular complexity index is 1270. The summed E-state index contributed by atoms with van der Waals surface area (Å²) in [4.78, 5) is 42.1. The number of imide groups is 1. The van der Waals surface area contributed by atoms with E-state index in [1.165, 1.54) is 26.8 Å². The zero-order valence-electron chi connectivity index (χ0n) is 24.8. The summed E-state index contributed by atoms with van der Waals surface area (Å²) in [5, 5.41) is 11.4. The largest absolute Gasteiger partial charge is 0.443 e. The van der Waals surface area contributed by atoms with Crippen molar-refractivity contribution < 1.29 is 36.8 Å². The van der Waals surface area contributed by atoms with Gasteiger partial charge in [-0.1, -0.05) is 6.08 Å². The van der Waals surface area contributed by atoms with Gasteiger partial charge in [-0.15, -0.1) is 6.58 Å². The van der Waals surface area contributed by atoms with Crippen LogP contribution >= 0.6 is 0 Å². The average Bonchev–Trinajstić information content (AvgIpc) is 2.76. The summed E-state index contributed by atoms with van der Waals surface area (Å²) in [6, 6.07) is 2.58. The molecule has 1 atom stereocenters. The van der Waals surface area contributed by atoms with Crippen molar-refractivity contribution in [1.29, 1.82) is 0 Å². The van der Waals surface area contributed by atoms with Gasteiger partial charge in [0.2, 0.25) is 0 Å². The molecule has 0 aliphatic rings. The maximum Gasteiger partial charge on any atom is 0.425 e. The predicted octanol–water partition coefficient (Wildman–Crippen LogP) is 6.31. The molecule has 1 aromatic rings. The van der Waals surface area contributed by atoms with E-state index in [-0.39, 0.29) is 13.0 Å². The molecule has 0 spiro atoms. The van der Waals surface area contributed by atoms with E-state index in [1.54, 1.807) is 48.5 Å². The third-order valence-corrected chi connectivity index (χ3v) is 8.84. The minimum Gasteiger partial charge on any atom is -0.443 e. The second-order valence-electron chi connectivity index (χ2n) is 11.8. The molecule has 2 amide bonds. The molecule has 224 valence electrons. The SMILES string of the molecule is C=CCC(C)(c1cc([N+](=O)[O-])ccc1F)S(=O)(=O)C(C)(C)C(=NCC)N(C(=O)OC(C)(C)C)C(=O)OC(C)(C)C. The molecule has 0 heterocycles. The van der Waals surface area contributed by atoms with Crippen LogP contribution in [0.15, 0.2) is 35.8 Å². The number of rotatable bonds is 8. The molecule has 40 heavy (non-hydrogen) atoms. The monoisotopic (exact) mass is 585 g/mol. The van der Waals surface area contributed by atoms with Gasteiger partial charge in [0.25, 0.3) is 5.69 Å². The summed E-state index contributed by atoms with van der Waals surface area (Å²) < 4.78 is 50.8. The zero-order valence-corrected chi connectivity index (χ0v) is 25.6. The van der Waals surface area contributed by atoms with Gasteiger partial charge in [-0.05, 0) is 81.7 Å². The summed E-state index contributed by atoms with van der Waals surface area (Å²) in [6.45, 7) is 18.1. The highest BCUT2D eigenvalue weighted by molar-refractivity contribution is 7.94. The number of halogens is 1. The zero-order chi connectivity index (χ0) is 31.5. The summed E-state index contributed by atoms with van der Waals surface area (Å²) in [5.74, 6) is -1.53. The molecule has 0 saturated heterocycles. The Morgan fingerprint density at radius 3 is 1.90 bits per heavy atom. The second kappa shape index (κ2) is 12.0. The number of amidine groups is 1. The molecule has 0 saturated carbocycles. The number of benzene rings is 1. The minimum absolute atomic E-state index is 0.0558. The first-order chi connectivity index (χ1) is 18.0. The quantitative estimate of drug-likeness (QED) is 0.113. The number of hydrogen-bond acceptors (Lipinski definition) is 9. The van der Waals surface area contributed by atoms with Crippen molar-refractivity contribution in [2.75, 3.05) is 6.54 Å². The molecule has 0 radical (unpaired) electrons. The Kier molecular flexibility index (Phi) is 10.4. The van der Waals surface area contributed by atoms with E-state index in [2.05, 4.69) is 11.6 Å². The lowest BCUT2D eigenvalue weighted by atomic mass is 9.95. The number of amides is 2. The summed E-state index contributed by atoms with van der Waals surface area (Å²) in [6.07, 6.45) is -1.59. The van der Waals surface area contributed by atoms with Crippen LogP contribution in [0.3, 0.4) is 0 Å². The first kappa shape index (κ1) is 34.7. The fourth-order valence-corrected chi connectivity index (χ4v) is 6.20. The second-order valence-corrected chi connectivity index (χ2v) is 14.7. The number of nitro groups is 1. The lowest BCUT2D eigenvalue weighted by molar-refractivity contribution is -0.385. The number of non-ortho nitro benzene ring substituents is 1. The van der Waals surface area contributed by atoms with Gasteiger partial charge in [-0.25, -0.2) is 22.4 Å². The molecule has 0 fully saturated rings. The molecule has 0 aromatic heterocycles. The Hall–Kier alpha value is -3.35. The molecule has 11 nitrogen and oxygen atoms in total. The van der Waals surface area contributed by atoms with Crippen LogP contribution in [0.2, 0.25) is 0 Å². The number of carbonyl (C=O) groups excluding carboxylic acids is 2. The smallest absolute Gasteiger partial charge is 0.425 e. The van der Waals surface area contributed by atoms with Crippen molar-refractivity contribution in [3.05, 3.63) is 52.3 Å². The van der Waals surface area contributed by atoms with Gasteiger partial charge < -0.3 is 9.47 Å². The number of ether oxygens (including phenoxy) is 2. The molecule has 0 aliphatic carbocycles. The molecule has 1 unspecified atom stereocenters. The maximum absolute atomic E-state index is 15.2. The fraction of sp³-hybridized carbons (Fsp3) is 0.593. The van der Waals surface area contributed by atoms with Crippen LogP contribution in [0.5, 0.6) is 0 Å². The molecular weight excluding hydrogens is 545 g/mol. The summed E-state index contributed by atoms with van der Waals surface area (Å²) in [5.41, 5.74) is -3.17. The number of aliphatic imine (C=N–C) groups is 1. The molecule has 0 N–H and O–H groups in total. The van der Waals surface area contributed by atoms with Gasteiger partial charge in [-0.2, -0.15) is 4.90 Å². The lowest BCUT2D eigenvalue weighted by Gasteiger charge is -2.40. The van der Waals surface area contributed by atoms with Crippen LogP contribution in [-0.2, 0) is 24.1 Å². The Labute approximate surface area is 235 Å². The Balaban J connectivity index is 4.05. The van der Waals surface area contributed by atoms with Crippen molar-refractivity contribution in [3.63, 3.8) is 0 Å². The van der Waals surface area contributed by atoms with Crippen molar-refractivity contribution in [2.45, 2.75) is 96.4 Å². The van der Waals surface area contributed by atoms with Gasteiger partial charge in [-0.3, -0.25) is 15.1 Å². The first-order valence-corrected chi connectivity index (χ1v) is 14.1. The normalized spacial score (nSPS) is 14.6. The molecular formula is C27H40FN3O8S. The van der Waals surface area contributed by atoms with Gasteiger partial charge in [0.05, 0.1) is 4.92 Å². The van der Waals surface area contributed by atoms with Crippen molar-refractivity contribution in [3.8, 4) is 0 Å². The van der Waals surface area contributed by atoms with Crippen LogP contribution in [-0.4, -0.2) is 58.8 Å². The van der Waals surface area contributed by atoms with E-state index in [0.717, 1.165) is 18.2 Å². The lowest BCUT2D eigenvalue weighted by Crippen LogP contribution is -2.59. The number of sulfone groups is 1. The number of nitrogens with zero attached hydrogens (tertiary/aromatic N) is 3. The maximum atomic E-state index is 15.2. The predicted molar refractivity (Wildman–Crippen MR) is 151 cm³/mol. The topological polar surface area (TPSA) is 145 Å². The highest BCUT2D eigenvalue weighted by atomic mass is 32.2. The van der Waals surface area contributed by atoms with E-state index in [4.69, 9.17) is 9.47 Å². The fourth-order valence-electron chi connectivity index (χ4n) is 3.90. The van der Waals surface area contributed by atoms with Gasteiger partial charge >= 0.3 is 12.2 Å². The standard InChI is InChI=1S/C27H40FN3O8S/c1-12-16-27(11,19-17-18(31(34)35)14-15-20(19)28)40(36,37)26(9,10)21(29-13-2)30(22(32)38-24(3,4)5)23(33)39-25(6,7)8/h12,14-15,17H,1,13,16H2,2-11H3. The van der Waals surface area contributed by atoms with Crippen LogP contribution in [0.1, 0.15) is 81.2 Å². The van der Waals surface area contributed by atoms with E-state index in [9.17, 15) is 28.1 Å². The third-order valence-electron chi connectivity index (χ3n) is 5.74. The number of allylic oxidation sites excluding steroid dienone is 1.